The van der Waals surface area contributed by atoms with Gasteiger partial charge in [0.05, 0.1) is 18.8 Å². The van der Waals surface area contributed by atoms with Crippen molar-refractivity contribution >= 4 is 28.2 Å². The summed E-state index contributed by atoms with van der Waals surface area (Å²) in [5.41, 5.74) is 2.80. The van der Waals surface area contributed by atoms with Crippen LogP contribution in [0, 0.1) is 0 Å². The molecule has 4 rings (SSSR count). The SMILES string of the molecule is COc1ccc(Cl)cc1[C@H](Nc1cccnc1)c1ccc2cccnc2c1O. The fraction of sp³-hybridized carbons (Fsp3) is 0.0909. The topological polar surface area (TPSA) is 67.3 Å². The number of phenols is 1. The van der Waals surface area contributed by atoms with Gasteiger partial charge >= 0.3 is 0 Å². The van der Waals surface area contributed by atoms with Crippen molar-refractivity contribution in [2.75, 3.05) is 12.4 Å². The molecule has 2 N–H and O–H groups in total. The van der Waals surface area contributed by atoms with Crippen LogP contribution in [-0.4, -0.2) is 22.2 Å². The van der Waals surface area contributed by atoms with Gasteiger partial charge in [0, 0.05) is 40.1 Å². The quantitative estimate of drug-likeness (QED) is 0.489. The van der Waals surface area contributed by atoms with E-state index in [1.807, 2.05) is 48.5 Å². The fourth-order valence-corrected chi connectivity index (χ4v) is 3.43. The number of anilines is 1. The van der Waals surface area contributed by atoms with Gasteiger partial charge < -0.3 is 15.2 Å². The summed E-state index contributed by atoms with van der Waals surface area (Å²) in [4.78, 5) is 8.50. The van der Waals surface area contributed by atoms with E-state index in [2.05, 4.69) is 15.3 Å². The number of halogens is 1. The third kappa shape index (κ3) is 3.44. The van der Waals surface area contributed by atoms with E-state index in [9.17, 15) is 5.11 Å². The number of methoxy groups -OCH3 is 1. The Bertz CT molecular complexity index is 1120. The second-order valence-corrected chi connectivity index (χ2v) is 6.72. The van der Waals surface area contributed by atoms with Gasteiger partial charge in [0.2, 0.25) is 0 Å². The van der Waals surface area contributed by atoms with E-state index in [4.69, 9.17) is 16.3 Å². The van der Waals surface area contributed by atoms with Gasteiger partial charge in [-0.3, -0.25) is 9.97 Å². The Kier molecular flexibility index (Phi) is 5.00. The van der Waals surface area contributed by atoms with Gasteiger partial charge in [-0.05, 0) is 36.4 Å². The van der Waals surface area contributed by atoms with Crippen molar-refractivity contribution in [1.29, 1.82) is 0 Å². The third-order valence-corrected chi connectivity index (χ3v) is 4.80. The highest BCUT2D eigenvalue weighted by Crippen LogP contribution is 2.40. The fourth-order valence-electron chi connectivity index (χ4n) is 3.25. The molecule has 0 amide bonds. The number of nitrogens with one attached hydrogen (secondary N) is 1. The van der Waals surface area contributed by atoms with Crippen LogP contribution in [0.4, 0.5) is 5.69 Å². The smallest absolute Gasteiger partial charge is 0.147 e. The standard InChI is InChI=1S/C22H18ClN3O2/c1-28-19-9-7-15(23)12-18(19)21(26-16-5-3-10-24-13-16)17-8-6-14-4-2-11-25-20(14)22(17)27/h2-13,21,26-27H,1H3/t21-/m1/s1. The molecule has 0 aliphatic carbocycles. The Labute approximate surface area is 167 Å². The maximum Gasteiger partial charge on any atom is 0.147 e. The molecular weight excluding hydrogens is 374 g/mol. The second kappa shape index (κ2) is 7.74. The van der Waals surface area contributed by atoms with E-state index < -0.39 is 6.04 Å². The lowest BCUT2D eigenvalue weighted by Crippen LogP contribution is -2.14. The predicted molar refractivity (Wildman–Crippen MR) is 111 cm³/mol. The highest BCUT2D eigenvalue weighted by Gasteiger charge is 2.23. The molecule has 0 fully saturated rings. The number of aromatic hydroxyl groups is 1. The molecule has 28 heavy (non-hydrogen) atoms. The van der Waals surface area contributed by atoms with Crippen LogP contribution in [0.25, 0.3) is 10.9 Å². The zero-order valence-corrected chi connectivity index (χ0v) is 15.9. The van der Waals surface area contributed by atoms with Crippen molar-refractivity contribution < 1.29 is 9.84 Å². The normalized spacial score (nSPS) is 11.9. The molecule has 2 aromatic carbocycles. The molecule has 1 atom stereocenters. The molecule has 0 radical (unpaired) electrons. The van der Waals surface area contributed by atoms with Crippen molar-refractivity contribution in [2.24, 2.45) is 0 Å². The van der Waals surface area contributed by atoms with Crippen LogP contribution in [0.15, 0.2) is 73.2 Å². The molecule has 2 heterocycles. The highest BCUT2D eigenvalue weighted by molar-refractivity contribution is 6.30. The van der Waals surface area contributed by atoms with Crippen molar-refractivity contribution in [2.45, 2.75) is 6.04 Å². The Balaban J connectivity index is 1.91. The number of hydrogen-bond donors (Lipinski definition) is 2. The molecule has 0 spiro atoms. The van der Waals surface area contributed by atoms with E-state index in [0.29, 0.717) is 21.9 Å². The Hall–Kier alpha value is -3.31. The van der Waals surface area contributed by atoms with Crippen LogP contribution in [0.1, 0.15) is 17.2 Å². The van der Waals surface area contributed by atoms with Crippen LogP contribution in [0.3, 0.4) is 0 Å². The second-order valence-electron chi connectivity index (χ2n) is 6.28. The molecule has 4 aromatic rings. The first kappa shape index (κ1) is 18.1. The van der Waals surface area contributed by atoms with Gasteiger partial charge in [-0.2, -0.15) is 0 Å². The van der Waals surface area contributed by atoms with Gasteiger partial charge in [0.15, 0.2) is 0 Å². The van der Waals surface area contributed by atoms with Crippen LogP contribution >= 0.6 is 11.6 Å². The lowest BCUT2D eigenvalue weighted by Gasteiger charge is -2.24. The summed E-state index contributed by atoms with van der Waals surface area (Å²) in [6.45, 7) is 0. The molecule has 2 aromatic heterocycles. The Morgan fingerprint density at radius 1 is 1.04 bits per heavy atom. The minimum atomic E-state index is -0.427. The summed E-state index contributed by atoms with van der Waals surface area (Å²) in [6.07, 6.45) is 5.09. The van der Waals surface area contributed by atoms with Crippen molar-refractivity contribution in [3.8, 4) is 11.5 Å². The van der Waals surface area contributed by atoms with E-state index in [-0.39, 0.29) is 5.75 Å². The Morgan fingerprint density at radius 3 is 2.68 bits per heavy atom. The molecular formula is C22H18ClN3O2. The van der Waals surface area contributed by atoms with E-state index in [0.717, 1.165) is 16.6 Å². The summed E-state index contributed by atoms with van der Waals surface area (Å²) in [5, 5.41) is 15.9. The zero-order chi connectivity index (χ0) is 19.5. The number of phenolic OH excluding ortho intramolecular Hbond substituents is 1. The van der Waals surface area contributed by atoms with Crippen LogP contribution in [0.5, 0.6) is 11.5 Å². The lowest BCUT2D eigenvalue weighted by atomic mass is 9.95. The molecule has 0 aliphatic rings. The number of benzene rings is 2. The molecule has 0 aliphatic heterocycles. The monoisotopic (exact) mass is 391 g/mol. The van der Waals surface area contributed by atoms with Gasteiger partial charge in [-0.15, -0.1) is 0 Å². The van der Waals surface area contributed by atoms with Crippen molar-refractivity contribution in [1.82, 2.24) is 9.97 Å². The number of aromatic nitrogens is 2. The number of ether oxygens (including phenoxy) is 1. The van der Waals surface area contributed by atoms with Gasteiger partial charge in [-0.25, -0.2) is 0 Å². The van der Waals surface area contributed by atoms with Gasteiger partial charge in [0.1, 0.15) is 17.0 Å². The molecule has 140 valence electrons. The summed E-state index contributed by atoms with van der Waals surface area (Å²) >= 11 is 6.27. The van der Waals surface area contributed by atoms with Crippen LogP contribution in [-0.2, 0) is 0 Å². The number of rotatable bonds is 5. The molecule has 0 saturated heterocycles. The highest BCUT2D eigenvalue weighted by atomic mass is 35.5. The summed E-state index contributed by atoms with van der Waals surface area (Å²) in [6, 6.07) is 16.3. The van der Waals surface area contributed by atoms with Crippen molar-refractivity contribution in [3.63, 3.8) is 0 Å². The molecule has 5 nitrogen and oxygen atoms in total. The first-order valence-corrected chi connectivity index (χ1v) is 9.12. The number of fused-ring (bicyclic) bond motifs is 1. The van der Waals surface area contributed by atoms with E-state index in [1.165, 1.54) is 0 Å². The number of hydrogen-bond acceptors (Lipinski definition) is 5. The van der Waals surface area contributed by atoms with E-state index >= 15 is 0 Å². The number of nitrogens with zero attached hydrogens (tertiary/aromatic N) is 2. The molecule has 0 unspecified atom stereocenters. The summed E-state index contributed by atoms with van der Waals surface area (Å²) < 4.78 is 5.56. The Morgan fingerprint density at radius 2 is 1.89 bits per heavy atom. The molecule has 0 bridgehead atoms. The van der Waals surface area contributed by atoms with Crippen molar-refractivity contribution in [3.05, 3.63) is 89.3 Å². The first-order chi connectivity index (χ1) is 13.7. The maximum atomic E-state index is 11.0. The van der Waals surface area contributed by atoms with Crippen LogP contribution in [0.2, 0.25) is 5.02 Å². The summed E-state index contributed by atoms with van der Waals surface area (Å²) in [5.74, 6) is 0.771. The molecule has 6 heteroatoms. The van der Waals surface area contributed by atoms with Gasteiger partial charge in [-0.1, -0.05) is 29.8 Å². The average molecular weight is 392 g/mol. The number of pyridine rings is 2. The zero-order valence-electron chi connectivity index (χ0n) is 15.1. The minimum absolute atomic E-state index is 0.113. The minimum Gasteiger partial charge on any atom is -0.505 e. The molecule has 0 saturated carbocycles. The first-order valence-electron chi connectivity index (χ1n) is 8.74. The largest absolute Gasteiger partial charge is 0.505 e. The van der Waals surface area contributed by atoms with Crippen LogP contribution < -0.4 is 10.1 Å². The van der Waals surface area contributed by atoms with E-state index in [1.54, 1.807) is 31.8 Å². The predicted octanol–water partition coefficient (Wildman–Crippen LogP) is 5.20. The maximum absolute atomic E-state index is 11.0. The average Bonchev–Trinajstić information content (AvgIpc) is 2.74. The van der Waals surface area contributed by atoms with Gasteiger partial charge in [0.25, 0.3) is 0 Å². The summed E-state index contributed by atoms with van der Waals surface area (Å²) in [7, 11) is 1.61. The lowest BCUT2D eigenvalue weighted by molar-refractivity contribution is 0.408. The third-order valence-electron chi connectivity index (χ3n) is 4.57.